The first-order chi connectivity index (χ1) is 7.25. The number of hydrazone groups is 1. The van der Waals surface area contributed by atoms with Crippen molar-refractivity contribution in [2.45, 2.75) is 6.42 Å². The molecule has 1 aromatic rings. The third kappa shape index (κ3) is 2.22. The summed E-state index contributed by atoms with van der Waals surface area (Å²) in [6.45, 7) is 0. The van der Waals surface area contributed by atoms with Crippen LogP contribution in [-0.2, 0) is 4.79 Å². The number of fused-ring (bicyclic) bond motifs is 1. The van der Waals surface area contributed by atoms with Crippen molar-refractivity contribution >= 4 is 23.4 Å². The van der Waals surface area contributed by atoms with E-state index in [1.54, 1.807) is 6.08 Å². The first kappa shape index (κ1) is 9.45. The summed E-state index contributed by atoms with van der Waals surface area (Å²) < 4.78 is 0. The van der Waals surface area contributed by atoms with Gasteiger partial charge < -0.3 is 5.73 Å². The van der Waals surface area contributed by atoms with Gasteiger partial charge >= 0.3 is 0 Å². The molecule has 15 heavy (non-hydrogen) atoms. The van der Waals surface area contributed by atoms with Gasteiger partial charge in [0.25, 0.3) is 0 Å². The van der Waals surface area contributed by atoms with E-state index in [2.05, 4.69) is 10.5 Å². The number of nitrogens with one attached hydrogen (secondary N) is 1. The van der Waals surface area contributed by atoms with Gasteiger partial charge in [-0.05, 0) is 17.7 Å². The highest BCUT2D eigenvalue weighted by Crippen LogP contribution is 2.18. The topological polar surface area (TPSA) is 67.5 Å². The molecule has 0 aromatic heterocycles. The van der Waals surface area contributed by atoms with E-state index in [4.69, 9.17) is 5.73 Å². The van der Waals surface area contributed by atoms with E-state index in [0.717, 1.165) is 11.3 Å². The minimum atomic E-state index is -0.383. The molecule has 2 rings (SSSR count). The Bertz CT molecular complexity index is 449. The summed E-state index contributed by atoms with van der Waals surface area (Å²) in [5.41, 5.74) is 10.6. The third-order valence-corrected chi connectivity index (χ3v) is 2.09. The molecule has 76 valence electrons. The van der Waals surface area contributed by atoms with Gasteiger partial charge in [0.15, 0.2) is 0 Å². The highest BCUT2D eigenvalue weighted by atomic mass is 16.1. The van der Waals surface area contributed by atoms with Crippen molar-refractivity contribution in [3.05, 3.63) is 35.9 Å². The number of nitrogens with two attached hydrogens (primary N) is 1. The number of carbonyl (C=O) groups is 1. The molecule has 0 radical (unpaired) electrons. The van der Waals surface area contributed by atoms with Gasteiger partial charge in [-0.3, -0.25) is 10.2 Å². The summed E-state index contributed by atoms with van der Waals surface area (Å²) in [4.78, 5) is 10.7. The number of para-hydroxylation sites is 1. The predicted molar refractivity (Wildman–Crippen MR) is 60.3 cm³/mol. The van der Waals surface area contributed by atoms with Gasteiger partial charge in [0.2, 0.25) is 5.91 Å². The number of hydrogen-bond acceptors (Lipinski definition) is 3. The molecule has 0 saturated carbocycles. The maximum atomic E-state index is 10.7. The number of anilines is 1. The number of primary amides is 1. The molecular weight excluding hydrogens is 190 g/mol. The van der Waals surface area contributed by atoms with E-state index < -0.39 is 0 Å². The van der Waals surface area contributed by atoms with Gasteiger partial charge in [-0.15, -0.1) is 0 Å². The fraction of sp³-hybridized carbons (Fsp3) is 0.0909. The summed E-state index contributed by atoms with van der Waals surface area (Å²) in [5, 5.41) is 4.08. The quantitative estimate of drug-likeness (QED) is 0.758. The normalized spacial score (nSPS) is 13.5. The molecule has 1 aromatic carbocycles. The maximum Gasteiger partial charge on any atom is 0.223 e. The van der Waals surface area contributed by atoms with Crippen LogP contribution in [0.2, 0.25) is 0 Å². The Morgan fingerprint density at radius 1 is 1.33 bits per heavy atom. The second kappa shape index (κ2) is 3.96. The molecule has 0 fully saturated rings. The lowest BCUT2D eigenvalue weighted by molar-refractivity contribution is -0.116. The molecular formula is C11H11N3O. The Kier molecular flexibility index (Phi) is 2.49. The molecule has 1 aliphatic heterocycles. The van der Waals surface area contributed by atoms with Crippen LogP contribution in [0.5, 0.6) is 0 Å². The minimum Gasteiger partial charge on any atom is -0.369 e. The van der Waals surface area contributed by atoms with Crippen molar-refractivity contribution in [1.82, 2.24) is 0 Å². The van der Waals surface area contributed by atoms with Crippen molar-refractivity contribution in [3.8, 4) is 0 Å². The summed E-state index contributed by atoms with van der Waals surface area (Å²) >= 11 is 0. The number of allylic oxidation sites excluding steroid dienone is 1. The van der Waals surface area contributed by atoms with E-state index in [1.165, 1.54) is 0 Å². The van der Waals surface area contributed by atoms with Crippen LogP contribution in [0.15, 0.2) is 35.4 Å². The molecule has 4 heteroatoms. The Morgan fingerprint density at radius 3 is 2.93 bits per heavy atom. The highest BCUT2D eigenvalue weighted by Gasteiger charge is 2.05. The fourth-order valence-corrected chi connectivity index (χ4v) is 1.38. The van der Waals surface area contributed by atoms with Gasteiger partial charge in [0.1, 0.15) is 0 Å². The van der Waals surface area contributed by atoms with Crippen molar-refractivity contribution in [1.29, 1.82) is 0 Å². The van der Waals surface area contributed by atoms with E-state index in [9.17, 15) is 4.79 Å². The zero-order chi connectivity index (χ0) is 10.7. The lowest BCUT2D eigenvalue weighted by Gasteiger charge is -2.02. The van der Waals surface area contributed by atoms with Crippen LogP contribution in [0.1, 0.15) is 12.0 Å². The summed E-state index contributed by atoms with van der Waals surface area (Å²) in [7, 11) is 0. The van der Waals surface area contributed by atoms with Gasteiger partial charge in [-0.1, -0.05) is 24.3 Å². The van der Waals surface area contributed by atoms with E-state index in [1.807, 2.05) is 30.3 Å². The molecule has 0 atom stereocenters. The lowest BCUT2D eigenvalue weighted by atomic mass is 10.1. The van der Waals surface area contributed by atoms with E-state index in [0.29, 0.717) is 5.71 Å². The van der Waals surface area contributed by atoms with Crippen LogP contribution >= 0.6 is 0 Å². The van der Waals surface area contributed by atoms with Crippen LogP contribution in [0, 0.1) is 0 Å². The van der Waals surface area contributed by atoms with Crippen molar-refractivity contribution in [2.75, 3.05) is 5.43 Å². The Labute approximate surface area is 87.5 Å². The van der Waals surface area contributed by atoms with Crippen LogP contribution in [0.3, 0.4) is 0 Å². The first-order valence-electron chi connectivity index (χ1n) is 4.64. The van der Waals surface area contributed by atoms with Crippen molar-refractivity contribution in [2.24, 2.45) is 10.8 Å². The third-order valence-electron chi connectivity index (χ3n) is 2.09. The number of rotatable bonds is 2. The number of amides is 1. The Morgan fingerprint density at radius 2 is 2.13 bits per heavy atom. The zero-order valence-electron chi connectivity index (χ0n) is 8.10. The molecule has 0 saturated heterocycles. The van der Waals surface area contributed by atoms with E-state index in [-0.39, 0.29) is 12.3 Å². The Hall–Kier alpha value is -2.10. The standard InChI is InChI=1S/C11H11N3O/c12-11(15)7-9-6-5-8-3-1-2-4-10(8)14-13-9/h1-6,14H,7H2,(H2,12,15). The summed E-state index contributed by atoms with van der Waals surface area (Å²) in [6, 6.07) is 7.77. The average molecular weight is 201 g/mol. The highest BCUT2D eigenvalue weighted by molar-refractivity contribution is 6.09. The van der Waals surface area contributed by atoms with Crippen LogP contribution in [-0.4, -0.2) is 11.6 Å². The predicted octanol–water partition coefficient (Wildman–Crippen LogP) is 1.36. The van der Waals surface area contributed by atoms with Gasteiger partial charge in [-0.25, -0.2) is 0 Å². The Balaban J connectivity index is 2.25. The number of carbonyl (C=O) groups excluding carboxylic acids is 1. The monoisotopic (exact) mass is 201 g/mol. The molecule has 1 aliphatic rings. The molecule has 4 nitrogen and oxygen atoms in total. The average Bonchev–Trinajstić information content (AvgIpc) is 2.41. The largest absolute Gasteiger partial charge is 0.369 e. The molecule has 0 bridgehead atoms. The van der Waals surface area contributed by atoms with Crippen molar-refractivity contribution in [3.63, 3.8) is 0 Å². The lowest BCUT2D eigenvalue weighted by Crippen LogP contribution is -2.15. The van der Waals surface area contributed by atoms with Crippen molar-refractivity contribution < 1.29 is 4.79 Å². The molecule has 1 amide bonds. The SMILES string of the molecule is NC(=O)CC1=NNc2ccccc2C=C1. The number of nitrogens with zero attached hydrogens (tertiary/aromatic N) is 1. The van der Waals surface area contributed by atoms with Gasteiger partial charge in [0.05, 0.1) is 17.8 Å². The second-order valence-corrected chi connectivity index (χ2v) is 3.28. The van der Waals surface area contributed by atoms with Crippen LogP contribution in [0.25, 0.3) is 6.08 Å². The maximum absolute atomic E-state index is 10.7. The fourth-order valence-electron chi connectivity index (χ4n) is 1.38. The van der Waals surface area contributed by atoms with Crippen LogP contribution in [0.4, 0.5) is 5.69 Å². The summed E-state index contributed by atoms with van der Waals surface area (Å²) in [6.07, 6.45) is 3.86. The summed E-state index contributed by atoms with van der Waals surface area (Å²) in [5.74, 6) is -0.383. The number of hydrogen-bond donors (Lipinski definition) is 2. The van der Waals surface area contributed by atoms with Gasteiger partial charge in [0, 0.05) is 0 Å². The first-order valence-corrected chi connectivity index (χ1v) is 4.64. The molecule has 0 unspecified atom stereocenters. The van der Waals surface area contributed by atoms with E-state index >= 15 is 0 Å². The second-order valence-electron chi connectivity index (χ2n) is 3.28. The van der Waals surface area contributed by atoms with Crippen LogP contribution < -0.4 is 11.2 Å². The minimum absolute atomic E-state index is 0.150. The zero-order valence-corrected chi connectivity index (χ0v) is 8.10. The number of benzene rings is 1. The molecule has 1 heterocycles. The molecule has 0 spiro atoms. The molecule has 3 N–H and O–H groups in total. The smallest absolute Gasteiger partial charge is 0.223 e. The van der Waals surface area contributed by atoms with Gasteiger partial charge in [-0.2, -0.15) is 5.10 Å². The molecule has 0 aliphatic carbocycles.